The smallest absolute Gasteiger partial charge is 0.322 e. The third-order valence-electron chi connectivity index (χ3n) is 1.04. The van der Waals surface area contributed by atoms with E-state index in [1.54, 1.807) is 0 Å². The predicted octanol–water partition coefficient (Wildman–Crippen LogP) is -1.81. The molecule has 9 heavy (non-hydrogen) atoms. The molecule has 1 saturated heterocycles. The van der Waals surface area contributed by atoms with Gasteiger partial charge in [-0.1, -0.05) is 0 Å². The summed E-state index contributed by atoms with van der Waals surface area (Å²) in [4.78, 5) is 20.7. The Labute approximate surface area is 51.0 Å². The van der Waals surface area contributed by atoms with Crippen molar-refractivity contribution < 1.29 is 14.7 Å². The second-order valence-electron chi connectivity index (χ2n) is 1.70. The minimum absolute atomic E-state index is 0.350. The molecule has 1 aliphatic heterocycles. The molecule has 0 aromatic rings. The number of urea groups is 1. The molecular formula is C4H6N2O3. The van der Waals surface area contributed by atoms with Crippen LogP contribution in [-0.2, 0) is 4.79 Å². The SMILES string of the molecule is O=C1NC(=O)[C@H](CO)N1. The van der Waals surface area contributed by atoms with Crippen LogP contribution >= 0.6 is 0 Å². The number of carbonyl (C=O) groups is 2. The Hall–Kier alpha value is -1.10. The monoisotopic (exact) mass is 130 g/mol. The third kappa shape index (κ3) is 0.996. The summed E-state index contributed by atoms with van der Waals surface area (Å²) >= 11 is 0. The van der Waals surface area contributed by atoms with Gasteiger partial charge >= 0.3 is 6.03 Å². The van der Waals surface area contributed by atoms with Gasteiger partial charge in [0.1, 0.15) is 6.04 Å². The van der Waals surface area contributed by atoms with Gasteiger partial charge in [-0.05, 0) is 0 Å². The Kier molecular flexibility index (Phi) is 1.35. The molecule has 0 saturated carbocycles. The summed E-state index contributed by atoms with van der Waals surface area (Å²) in [5.74, 6) is -0.470. The Morgan fingerprint density at radius 2 is 2.22 bits per heavy atom. The first-order valence-corrected chi connectivity index (χ1v) is 2.46. The summed E-state index contributed by atoms with van der Waals surface area (Å²) in [5, 5.41) is 12.6. The van der Waals surface area contributed by atoms with Crippen molar-refractivity contribution in [3.8, 4) is 0 Å². The summed E-state index contributed by atoms with van der Waals surface area (Å²) in [5.41, 5.74) is 0. The van der Waals surface area contributed by atoms with E-state index in [2.05, 4.69) is 5.32 Å². The molecule has 3 N–H and O–H groups in total. The minimum atomic E-state index is -0.752. The van der Waals surface area contributed by atoms with Crippen LogP contribution in [0.1, 0.15) is 0 Å². The zero-order chi connectivity index (χ0) is 6.85. The molecule has 0 unspecified atom stereocenters. The number of hydrogen-bond acceptors (Lipinski definition) is 3. The quantitative estimate of drug-likeness (QED) is 0.366. The molecule has 5 nitrogen and oxygen atoms in total. The number of hydrogen-bond donors (Lipinski definition) is 3. The van der Waals surface area contributed by atoms with E-state index < -0.39 is 18.0 Å². The van der Waals surface area contributed by atoms with E-state index in [0.717, 1.165) is 0 Å². The van der Waals surface area contributed by atoms with Crippen molar-refractivity contribution in [3.05, 3.63) is 0 Å². The molecule has 1 rings (SSSR count). The molecule has 0 aromatic heterocycles. The molecule has 1 heterocycles. The Morgan fingerprint density at radius 1 is 1.56 bits per heavy atom. The number of amides is 3. The summed E-state index contributed by atoms with van der Waals surface area (Å²) in [6.07, 6.45) is 0. The van der Waals surface area contributed by atoms with Crippen LogP contribution in [0.5, 0.6) is 0 Å². The highest BCUT2D eigenvalue weighted by atomic mass is 16.3. The van der Waals surface area contributed by atoms with Gasteiger partial charge in [-0.15, -0.1) is 0 Å². The summed E-state index contributed by atoms with van der Waals surface area (Å²) in [7, 11) is 0. The molecule has 0 aromatic carbocycles. The fraction of sp³-hybridized carbons (Fsp3) is 0.500. The van der Waals surface area contributed by atoms with Gasteiger partial charge in [0.2, 0.25) is 0 Å². The Bertz CT molecular complexity index is 156. The van der Waals surface area contributed by atoms with Crippen molar-refractivity contribution >= 4 is 11.9 Å². The van der Waals surface area contributed by atoms with Crippen LogP contribution in [0.4, 0.5) is 4.79 Å². The lowest BCUT2D eigenvalue weighted by Gasteiger charge is -1.97. The van der Waals surface area contributed by atoms with Gasteiger partial charge in [-0.3, -0.25) is 10.1 Å². The van der Waals surface area contributed by atoms with E-state index in [0.29, 0.717) is 0 Å². The largest absolute Gasteiger partial charge is 0.394 e. The second-order valence-corrected chi connectivity index (χ2v) is 1.70. The lowest BCUT2D eigenvalue weighted by Crippen LogP contribution is -2.32. The average Bonchev–Trinajstić information content (AvgIpc) is 2.10. The van der Waals surface area contributed by atoms with E-state index in [4.69, 9.17) is 5.11 Å². The van der Waals surface area contributed by atoms with Gasteiger partial charge < -0.3 is 10.4 Å². The summed E-state index contributed by atoms with van der Waals surface area (Å²) in [6.45, 7) is -0.350. The van der Waals surface area contributed by atoms with Crippen LogP contribution in [0.2, 0.25) is 0 Å². The molecule has 5 heteroatoms. The highest BCUT2D eigenvalue weighted by Crippen LogP contribution is 1.89. The topological polar surface area (TPSA) is 78.4 Å². The molecular weight excluding hydrogens is 124 g/mol. The summed E-state index contributed by atoms with van der Waals surface area (Å²) < 4.78 is 0. The van der Waals surface area contributed by atoms with E-state index in [1.165, 1.54) is 0 Å². The third-order valence-corrected chi connectivity index (χ3v) is 1.04. The second kappa shape index (κ2) is 2.02. The lowest BCUT2D eigenvalue weighted by molar-refractivity contribution is -0.120. The Morgan fingerprint density at radius 3 is 2.44 bits per heavy atom. The molecule has 1 atom stereocenters. The normalized spacial score (nSPS) is 25.7. The van der Waals surface area contributed by atoms with Crippen LogP contribution in [0.25, 0.3) is 0 Å². The predicted molar refractivity (Wildman–Crippen MR) is 27.5 cm³/mol. The first-order chi connectivity index (χ1) is 4.24. The number of rotatable bonds is 1. The van der Waals surface area contributed by atoms with Crippen molar-refractivity contribution in [2.45, 2.75) is 6.04 Å². The number of nitrogens with one attached hydrogen (secondary N) is 2. The Balaban J connectivity index is 2.58. The molecule has 0 spiro atoms. The van der Waals surface area contributed by atoms with Gasteiger partial charge in [0, 0.05) is 0 Å². The van der Waals surface area contributed by atoms with E-state index in [-0.39, 0.29) is 6.61 Å². The number of imide groups is 1. The van der Waals surface area contributed by atoms with Crippen LogP contribution in [-0.4, -0.2) is 29.7 Å². The maximum Gasteiger partial charge on any atom is 0.322 e. The molecule has 3 amide bonds. The van der Waals surface area contributed by atoms with Gasteiger partial charge in [0.05, 0.1) is 6.61 Å². The molecule has 1 fully saturated rings. The average molecular weight is 130 g/mol. The van der Waals surface area contributed by atoms with Crippen LogP contribution in [0.3, 0.4) is 0 Å². The number of aliphatic hydroxyl groups excluding tert-OH is 1. The number of aliphatic hydroxyl groups is 1. The van der Waals surface area contributed by atoms with Crippen LogP contribution < -0.4 is 10.6 Å². The van der Waals surface area contributed by atoms with Crippen molar-refractivity contribution in [1.29, 1.82) is 0 Å². The number of carbonyl (C=O) groups excluding carboxylic acids is 2. The molecule has 0 aliphatic carbocycles. The fourth-order valence-electron chi connectivity index (χ4n) is 0.587. The zero-order valence-electron chi connectivity index (χ0n) is 4.55. The van der Waals surface area contributed by atoms with Gasteiger partial charge in [0.15, 0.2) is 0 Å². The fourth-order valence-corrected chi connectivity index (χ4v) is 0.587. The molecule has 0 radical (unpaired) electrons. The summed E-state index contributed by atoms with van der Waals surface area (Å²) in [6, 6.07) is -1.29. The van der Waals surface area contributed by atoms with Crippen LogP contribution in [0.15, 0.2) is 0 Å². The van der Waals surface area contributed by atoms with E-state index in [1.807, 2.05) is 5.32 Å². The standard InChI is InChI=1S/C4H6N2O3/c7-1-2-3(8)6-4(9)5-2/h2,7H,1H2,(H2,5,6,8,9)/t2-/m0/s1. The maximum absolute atomic E-state index is 10.5. The van der Waals surface area contributed by atoms with E-state index in [9.17, 15) is 9.59 Å². The highest BCUT2D eigenvalue weighted by Gasteiger charge is 2.27. The minimum Gasteiger partial charge on any atom is -0.394 e. The van der Waals surface area contributed by atoms with Crippen molar-refractivity contribution in [2.24, 2.45) is 0 Å². The molecule has 50 valence electrons. The zero-order valence-corrected chi connectivity index (χ0v) is 4.55. The van der Waals surface area contributed by atoms with Gasteiger partial charge in [-0.2, -0.15) is 0 Å². The van der Waals surface area contributed by atoms with Crippen molar-refractivity contribution in [3.63, 3.8) is 0 Å². The van der Waals surface area contributed by atoms with Gasteiger partial charge in [0.25, 0.3) is 5.91 Å². The first-order valence-electron chi connectivity index (χ1n) is 2.46. The highest BCUT2D eigenvalue weighted by molar-refractivity contribution is 6.04. The van der Waals surface area contributed by atoms with Gasteiger partial charge in [-0.25, -0.2) is 4.79 Å². The van der Waals surface area contributed by atoms with Crippen LogP contribution in [0, 0.1) is 0 Å². The van der Waals surface area contributed by atoms with Crippen molar-refractivity contribution in [1.82, 2.24) is 10.6 Å². The van der Waals surface area contributed by atoms with E-state index >= 15 is 0 Å². The first kappa shape index (κ1) is 6.03. The maximum atomic E-state index is 10.5. The lowest BCUT2D eigenvalue weighted by atomic mass is 10.3. The molecule has 1 aliphatic rings. The van der Waals surface area contributed by atoms with Crippen molar-refractivity contribution in [2.75, 3.05) is 6.61 Å². The molecule has 0 bridgehead atoms.